The number of aromatic carboxylic acids is 1. The maximum atomic E-state index is 12.2. The number of hydrogen-bond donors (Lipinski definition) is 2. The first-order chi connectivity index (χ1) is 12.1. The topological polar surface area (TPSA) is 84.9 Å². The van der Waals surface area contributed by atoms with E-state index in [0.717, 1.165) is 5.56 Å². The number of carbonyl (C=O) groups excluding carboxylic acids is 1. The van der Waals surface area contributed by atoms with Crippen LogP contribution in [-0.4, -0.2) is 43.9 Å². The van der Waals surface area contributed by atoms with Crippen molar-refractivity contribution < 1.29 is 24.2 Å². The SMILES string of the molecule is COCCOc1cccc(C(=O)NCCc2ccc(C(=O)O)cc2)c1. The van der Waals surface area contributed by atoms with Crippen molar-refractivity contribution in [1.82, 2.24) is 5.32 Å². The monoisotopic (exact) mass is 343 g/mol. The Morgan fingerprint density at radius 1 is 1.04 bits per heavy atom. The number of amides is 1. The fourth-order valence-electron chi connectivity index (χ4n) is 2.21. The van der Waals surface area contributed by atoms with Gasteiger partial charge in [-0.25, -0.2) is 4.79 Å². The van der Waals surface area contributed by atoms with E-state index in [1.807, 2.05) is 0 Å². The molecule has 25 heavy (non-hydrogen) atoms. The Balaban J connectivity index is 1.83. The number of hydrogen-bond acceptors (Lipinski definition) is 4. The Labute approximate surface area is 146 Å². The molecule has 0 saturated carbocycles. The third kappa shape index (κ3) is 5.93. The average Bonchev–Trinajstić information content (AvgIpc) is 2.62. The van der Waals surface area contributed by atoms with Gasteiger partial charge in [-0.2, -0.15) is 0 Å². The van der Waals surface area contributed by atoms with Crippen LogP contribution in [0, 0.1) is 0 Å². The van der Waals surface area contributed by atoms with E-state index in [2.05, 4.69) is 5.32 Å². The highest BCUT2D eigenvalue weighted by Gasteiger charge is 2.07. The molecule has 0 aromatic heterocycles. The summed E-state index contributed by atoms with van der Waals surface area (Å²) < 4.78 is 10.4. The molecular weight excluding hydrogens is 322 g/mol. The van der Waals surface area contributed by atoms with Crippen LogP contribution in [0.15, 0.2) is 48.5 Å². The smallest absolute Gasteiger partial charge is 0.335 e. The largest absolute Gasteiger partial charge is 0.491 e. The second kappa shape index (κ2) is 9.44. The van der Waals surface area contributed by atoms with Crippen LogP contribution >= 0.6 is 0 Å². The molecule has 6 nitrogen and oxygen atoms in total. The van der Waals surface area contributed by atoms with Gasteiger partial charge in [0.2, 0.25) is 0 Å². The number of carboxylic acids is 1. The van der Waals surface area contributed by atoms with Crippen molar-refractivity contribution in [3.63, 3.8) is 0 Å². The average molecular weight is 343 g/mol. The minimum Gasteiger partial charge on any atom is -0.491 e. The molecule has 2 aromatic carbocycles. The molecule has 0 fully saturated rings. The van der Waals surface area contributed by atoms with Gasteiger partial charge in [0.1, 0.15) is 12.4 Å². The number of benzene rings is 2. The summed E-state index contributed by atoms with van der Waals surface area (Å²) in [6.45, 7) is 1.37. The van der Waals surface area contributed by atoms with Crippen LogP contribution in [0.5, 0.6) is 5.75 Å². The summed E-state index contributed by atoms with van der Waals surface area (Å²) in [6.07, 6.45) is 0.621. The molecule has 0 aliphatic rings. The van der Waals surface area contributed by atoms with Crippen molar-refractivity contribution >= 4 is 11.9 Å². The molecule has 0 bridgehead atoms. The summed E-state index contributed by atoms with van der Waals surface area (Å²) in [5.74, 6) is -0.513. The fraction of sp³-hybridized carbons (Fsp3) is 0.263. The molecule has 2 rings (SSSR count). The maximum Gasteiger partial charge on any atom is 0.335 e. The number of rotatable bonds is 9. The van der Waals surface area contributed by atoms with E-state index in [0.29, 0.717) is 37.5 Å². The van der Waals surface area contributed by atoms with Gasteiger partial charge in [0.15, 0.2) is 0 Å². The van der Waals surface area contributed by atoms with E-state index in [-0.39, 0.29) is 11.5 Å². The van der Waals surface area contributed by atoms with E-state index in [1.165, 1.54) is 0 Å². The summed E-state index contributed by atoms with van der Waals surface area (Å²) in [5, 5.41) is 11.7. The first-order valence-electron chi connectivity index (χ1n) is 7.92. The van der Waals surface area contributed by atoms with Crippen LogP contribution in [-0.2, 0) is 11.2 Å². The lowest BCUT2D eigenvalue weighted by Crippen LogP contribution is -2.25. The second-order valence-corrected chi connectivity index (χ2v) is 5.38. The summed E-state index contributed by atoms with van der Waals surface area (Å²) in [6, 6.07) is 13.6. The molecule has 0 saturated heterocycles. The Hall–Kier alpha value is -2.86. The summed E-state index contributed by atoms with van der Waals surface area (Å²) in [5.41, 5.74) is 1.73. The second-order valence-electron chi connectivity index (χ2n) is 5.38. The van der Waals surface area contributed by atoms with Gasteiger partial charge in [-0.15, -0.1) is 0 Å². The third-order valence-electron chi connectivity index (χ3n) is 3.55. The van der Waals surface area contributed by atoms with Gasteiger partial charge in [0, 0.05) is 19.2 Å². The van der Waals surface area contributed by atoms with Crippen LogP contribution in [0.4, 0.5) is 0 Å². The lowest BCUT2D eigenvalue weighted by molar-refractivity contribution is 0.0696. The highest BCUT2D eigenvalue weighted by Crippen LogP contribution is 2.13. The normalized spacial score (nSPS) is 10.3. The van der Waals surface area contributed by atoms with Gasteiger partial charge in [-0.3, -0.25) is 4.79 Å². The Kier molecular flexibility index (Phi) is 6.98. The molecule has 0 radical (unpaired) electrons. The standard InChI is InChI=1S/C19H21NO5/c1-24-11-12-25-17-4-2-3-16(13-17)18(21)20-10-9-14-5-7-15(8-6-14)19(22)23/h2-8,13H,9-12H2,1H3,(H,20,21)(H,22,23). The molecule has 0 heterocycles. The molecule has 0 atom stereocenters. The molecule has 0 aliphatic carbocycles. The first-order valence-corrected chi connectivity index (χ1v) is 7.92. The zero-order chi connectivity index (χ0) is 18.1. The quantitative estimate of drug-likeness (QED) is 0.683. The summed E-state index contributed by atoms with van der Waals surface area (Å²) in [7, 11) is 1.60. The Morgan fingerprint density at radius 2 is 1.80 bits per heavy atom. The zero-order valence-corrected chi connectivity index (χ0v) is 14.0. The van der Waals surface area contributed by atoms with Crippen molar-refractivity contribution in [1.29, 1.82) is 0 Å². The zero-order valence-electron chi connectivity index (χ0n) is 14.0. The van der Waals surface area contributed by atoms with Gasteiger partial charge in [-0.1, -0.05) is 18.2 Å². The van der Waals surface area contributed by atoms with E-state index < -0.39 is 5.97 Å². The molecule has 2 N–H and O–H groups in total. The molecule has 0 aliphatic heterocycles. The lowest BCUT2D eigenvalue weighted by atomic mass is 10.1. The van der Waals surface area contributed by atoms with E-state index in [9.17, 15) is 9.59 Å². The van der Waals surface area contributed by atoms with Crippen LogP contribution in [0.1, 0.15) is 26.3 Å². The highest BCUT2D eigenvalue weighted by molar-refractivity contribution is 5.94. The van der Waals surface area contributed by atoms with Gasteiger partial charge >= 0.3 is 5.97 Å². The number of ether oxygens (including phenoxy) is 2. The Bertz CT molecular complexity index is 712. The number of methoxy groups -OCH3 is 1. The summed E-state index contributed by atoms with van der Waals surface area (Å²) in [4.78, 5) is 23.0. The number of nitrogens with one attached hydrogen (secondary N) is 1. The predicted octanol–water partition coefficient (Wildman–Crippen LogP) is 2.38. The van der Waals surface area contributed by atoms with E-state index >= 15 is 0 Å². The van der Waals surface area contributed by atoms with E-state index in [1.54, 1.807) is 55.6 Å². The van der Waals surface area contributed by atoms with Crippen molar-refractivity contribution in [3.8, 4) is 5.75 Å². The van der Waals surface area contributed by atoms with Gasteiger partial charge in [-0.05, 0) is 42.3 Å². The number of carboxylic acid groups (broad SMARTS) is 1. The molecule has 6 heteroatoms. The van der Waals surface area contributed by atoms with Crippen molar-refractivity contribution in [2.75, 3.05) is 26.9 Å². The van der Waals surface area contributed by atoms with Crippen LogP contribution in [0.3, 0.4) is 0 Å². The maximum absolute atomic E-state index is 12.2. The summed E-state index contributed by atoms with van der Waals surface area (Å²) >= 11 is 0. The minimum atomic E-state index is -0.951. The third-order valence-corrected chi connectivity index (χ3v) is 3.55. The Morgan fingerprint density at radius 3 is 2.48 bits per heavy atom. The molecular formula is C19H21NO5. The molecule has 0 unspecified atom stereocenters. The van der Waals surface area contributed by atoms with Crippen LogP contribution in [0.25, 0.3) is 0 Å². The van der Waals surface area contributed by atoms with Gasteiger partial charge < -0.3 is 19.9 Å². The van der Waals surface area contributed by atoms with Crippen molar-refractivity contribution in [2.24, 2.45) is 0 Å². The predicted molar refractivity (Wildman–Crippen MR) is 93.3 cm³/mol. The van der Waals surface area contributed by atoms with E-state index in [4.69, 9.17) is 14.6 Å². The van der Waals surface area contributed by atoms with Gasteiger partial charge in [0.25, 0.3) is 5.91 Å². The molecule has 2 aromatic rings. The van der Waals surface area contributed by atoms with Gasteiger partial charge in [0.05, 0.1) is 12.2 Å². The van der Waals surface area contributed by atoms with Crippen LogP contribution < -0.4 is 10.1 Å². The lowest BCUT2D eigenvalue weighted by Gasteiger charge is -2.09. The highest BCUT2D eigenvalue weighted by atomic mass is 16.5. The number of carbonyl (C=O) groups is 2. The minimum absolute atomic E-state index is 0.181. The molecule has 1 amide bonds. The molecule has 132 valence electrons. The molecule has 0 spiro atoms. The van der Waals surface area contributed by atoms with Crippen molar-refractivity contribution in [2.45, 2.75) is 6.42 Å². The van der Waals surface area contributed by atoms with Crippen molar-refractivity contribution in [3.05, 3.63) is 65.2 Å². The first kappa shape index (κ1) is 18.5. The van der Waals surface area contributed by atoms with Crippen LogP contribution in [0.2, 0.25) is 0 Å². The fourth-order valence-corrected chi connectivity index (χ4v) is 2.21.